The minimum Gasteiger partial charge on any atom is -0.423 e. The number of rotatable bonds is 4. The maximum Gasteiger partial charge on any atom is 0.298 e. The van der Waals surface area contributed by atoms with Crippen LogP contribution < -0.4 is 15.4 Å². The average Bonchev–Trinajstić information content (AvgIpc) is 3.06. The number of aromatic nitrogens is 3. The highest BCUT2D eigenvalue weighted by Gasteiger charge is 2.22. The lowest BCUT2D eigenvalue weighted by Crippen LogP contribution is -2.47. The van der Waals surface area contributed by atoms with E-state index in [1.54, 1.807) is 6.07 Å². The van der Waals surface area contributed by atoms with E-state index in [0.29, 0.717) is 49.0 Å². The molecule has 1 saturated heterocycles. The van der Waals surface area contributed by atoms with E-state index in [4.69, 9.17) is 4.42 Å². The van der Waals surface area contributed by atoms with Gasteiger partial charge in [-0.3, -0.25) is 4.79 Å². The first-order chi connectivity index (χ1) is 13.0. The van der Waals surface area contributed by atoms with Gasteiger partial charge in [-0.2, -0.15) is 10.1 Å². The maximum absolute atomic E-state index is 13.3. The second-order valence-electron chi connectivity index (χ2n) is 6.21. The van der Waals surface area contributed by atoms with Crippen molar-refractivity contribution < 1.29 is 17.6 Å². The number of anilines is 2. The fraction of sp³-hybridized carbons (Fsp3) is 0.353. The molecule has 0 aliphatic carbocycles. The second-order valence-corrected chi connectivity index (χ2v) is 6.21. The van der Waals surface area contributed by atoms with Crippen LogP contribution in [0.2, 0.25) is 0 Å². The standard InChI is InChI=1S/C17H16F3N5O2/c18-11-1-2-13-14(7-11)27-17(22-13)24-5-3-23(4-6-24)12-8-16(26)25(21-9-12)10-15(19)20/h1-2,7-9,15H,3-6,10H2. The molecule has 27 heavy (non-hydrogen) atoms. The van der Waals surface area contributed by atoms with E-state index in [1.165, 1.54) is 24.4 Å². The van der Waals surface area contributed by atoms with Crippen molar-refractivity contribution in [2.75, 3.05) is 36.0 Å². The minimum absolute atomic E-state index is 0.385. The summed E-state index contributed by atoms with van der Waals surface area (Å²) < 4.78 is 44.5. The molecule has 0 spiro atoms. The summed E-state index contributed by atoms with van der Waals surface area (Å²) in [7, 11) is 0. The Hall–Kier alpha value is -3.04. The van der Waals surface area contributed by atoms with Gasteiger partial charge in [-0.1, -0.05) is 0 Å². The molecule has 0 amide bonds. The van der Waals surface area contributed by atoms with Gasteiger partial charge in [0, 0.05) is 38.3 Å². The van der Waals surface area contributed by atoms with Gasteiger partial charge in [-0.05, 0) is 12.1 Å². The molecular weight excluding hydrogens is 363 g/mol. The number of benzene rings is 1. The van der Waals surface area contributed by atoms with Crippen LogP contribution in [0.25, 0.3) is 11.1 Å². The summed E-state index contributed by atoms with van der Waals surface area (Å²) in [6.45, 7) is 1.59. The predicted octanol–water partition coefficient (Wildman–Crippen LogP) is 2.12. The van der Waals surface area contributed by atoms with Crippen LogP contribution in [-0.2, 0) is 6.54 Å². The Morgan fingerprint density at radius 1 is 1.11 bits per heavy atom. The molecule has 10 heteroatoms. The molecular formula is C17H16F3N5O2. The Morgan fingerprint density at radius 2 is 1.85 bits per heavy atom. The van der Waals surface area contributed by atoms with Crippen molar-refractivity contribution in [2.45, 2.75) is 13.0 Å². The van der Waals surface area contributed by atoms with E-state index >= 15 is 0 Å². The number of hydrogen-bond acceptors (Lipinski definition) is 6. The van der Waals surface area contributed by atoms with Gasteiger partial charge in [0.25, 0.3) is 18.0 Å². The van der Waals surface area contributed by atoms with Crippen molar-refractivity contribution in [2.24, 2.45) is 0 Å². The van der Waals surface area contributed by atoms with Crippen molar-refractivity contribution in [3.8, 4) is 0 Å². The zero-order valence-electron chi connectivity index (χ0n) is 14.2. The van der Waals surface area contributed by atoms with Crippen LogP contribution in [0, 0.1) is 5.82 Å². The number of hydrogen-bond donors (Lipinski definition) is 0. The summed E-state index contributed by atoms with van der Waals surface area (Å²) in [4.78, 5) is 20.1. The van der Waals surface area contributed by atoms with Gasteiger partial charge < -0.3 is 14.2 Å². The molecule has 0 bridgehead atoms. The fourth-order valence-corrected chi connectivity index (χ4v) is 3.04. The lowest BCUT2D eigenvalue weighted by molar-refractivity contribution is 0.119. The Morgan fingerprint density at radius 3 is 2.56 bits per heavy atom. The molecule has 1 fully saturated rings. The van der Waals surface area contributed by atoms with Crippen molar-refractivity contribution in [3.05, 3.63) is 46.6 Å². The van der Waals surface area contributed by atoms with E-state index in [9.17, 15) is 18.0 Å². The first-order valence-electron chi connectivity index (χ1n) is 8.41. The van der Waals surface area contributed by atoms with E-state index < -0.39 is 18.5 Å². The van der Waals surface area contributed by atoms with Crippen LogP contribution in [0.15, 0.2) is 39.7 Å². The third-order valence-corrected chi connectivity index (χ3v) is 4.42. The highest BCUT2D eigenvalue weighted by molar-refractivity contribution is 5.74. The first-order valence-corrected chi connectivity index (χ1v) is 8.41. The normalized spacial score (nSPS) is 15.1. The molecule has 1 aliphatic rings. The molecule has 2 aromatic heterocycles. The SMILES string of the molecule is O=c1cc(N2CCN(c3nc4ccc(F)cc4o3)CC2)cnn1CC(F)F. The quantitative estimate of drug-likeness (QED) is 0.692. The Kier molecular flexibility index (Phi) is 4.46. The smallest absolute Gasteiger partial charge is 0.298 e. The molecule has 3 heterocycles. The van der Waals surface area contributed by atoms with E-state index in [2.05, 4.69) is 10.1 Å². The van der Waals surface area contributed by atoms with Gasteiger partial charge in [0.05, 0.1) is 11.9 Å². The highest BCUT2D eigenvalue weighted by Crippen LogP contribution is 2.24. The Balaban J connectivity index is 1.45. The summed E-state index contributed by atoms with van der Waals surface area (Å²) in [5, 5.41) is 3.81. The third kappa shape index (κ3) is 3.60. The number of nitrogens with zero attached hydrogens (tertiary/aromatic N) is 5. The molecule has 1 aliphatic heterocycles. The maximum atomic E-state index is 13.3. The lowest BCUT2D eigenvalue weighted by atomic mass is 10.3. The van der Waals surface area contributed by atoms with Gasteiger partial charge in [0.1, 0.15) is 17.9 Å². The van der Waals surface area contributed by atoms with Gasteiger partial charge in [-0.15, -0.1) is 0 Å². The zero-order chi connectivity index (χ0) is 19.0. The third-order valence-electron chi connectivity index (χ3n) is 4.42. The molecule has 0 saturated carbocycles. The fourth-order valence-electron chi connectivity index (χ4n) is 3.04. The number of fused-ring (bicyclic) bond motifs is 1. The molecule has 3 aromatic rings. The second kappa shape index (κ2) is 6.93. The van der Waals surface area contributed by atoms with Gasteiger partial charge in [0.2, 0.25) is 0 Å². The van der Waals surface area contributed by atoms with Crippen LogP contribution in [0.3, 0.4) is 0 Å². The molecule has 0 unspecified atom stereocenters. The van der Waals surface area contributed by atoms with Crippen LogP contribution in [-0.4, -0.2) is 47.4 Å². The first kappa shape index (κ1) is 17.4. The lowest BCUT2D eigenvalue weighted by Gasteiger charge is -2.34. The van der Waals surface area contributed by atoms with E-state index in [-0.39, 0.29) is 5.82 Å². The molecule has 142 valence electrons. The summed E-state index contributed by atoms with van der Waals surface area (Å²) in [6, 6.07) is 5.92. The van der Waals surface area contributed by atoms with Gasteiger partial charge in [0.15, 0.2) is 5.58 Å². The number of oxazole rings is 1. The van der Waals surface area contributed by atoms with Crippen LogP contribution in [0.4, 0.5) is 24.9 Å². The van der Waals surface area contributed by atoms with Gasteiger partial charge in [-0.25, -0.2) is 17.9 Å². The number of alkyl halides is 2. The molecule has 0 N–H and O–H groups in total. The molecule has 1 aromatic carbocycles. The van der Waals surface area contributed by atoms with Crippen molar-refractivity contribution >= 4 is 22.8 Å². The largest absolute Gasteiger partial charge is 0.423 e. The molecule has 0 atom stereocenters. The van der Waals surface area contributed by atoms with Crippen LogP contribution >= 0.6 is 0 Å². The molecule has 7 nitrogen and oxygen atoms in total. The highest BCUT2D eigenvalue weighted by atomic mass is 19.3. The van der Waals surface area contributed by atoms with Gasteiger partial charge >= 0.3 is 0 Å². The van der Waals surface area contributed by atoms with E-state index in [0.717, 1.165) is 4.68 Å². The summed E-state index contributed by atoms with van der Waals surface area (Å²) in [6.07, 6.45) is -1.21. The summed E-state index contributed by atoms with van der Waals surface area (Å²) in [5.41, 5.74) is 1.00. The van der Waals surface area contributed by atoms with Crippen LogP contribution in [0.1, 0.15) is 0 Å². The zero-order valence-corrected chi connectivity index (χ0v) is 14.2. The van der Waals surface area contributed by atoms with Crippen molar-refractivity contribution in [1.29, 1.82) is 0 Å². The monoisotopic (exact) mass is 379 g/mol. The van der Waals surface area contributed by atoms with Crippen molar-refractivity contribution in [1.82, 2.24) is 14.8 Å². The Labute approximate surface area is 151 Å². The van der Waals surface area contributed by atoms with Crippen LogP contribution in [0.5, 0.6) is 0 Å². The topological polar surface area (TPSA) is 67.4 Å². The van der Waals surface area contributed by atoms with Crippen molar-refractivity contribution in [3.63, 3.8) is 0 Å². The number of piperazine rings is 1. The molecule has 4 rings (SSSR count). The summed E-state index contributed by atoms with van der Waals surface area (Å²) in [5.74, 6) is -0.385. The number of halogens is 3. The molecule has 0 radical (unpaired) electrons. The predicted molar refractivity (Wildman–Crippen MR) is 92.9 cm³/mol. The minimum atomic E-state index is -2.63. The van der Waals surface area contributed by atoms with E-state index in [1.807, 2.05) is 9.80 Å². The average molecular weight is 379 g/mol. The Bertz CT molecular complexity index is 1010. The summed E-state index contributed by atoms with van der Waals surface area (Å²) >= 11 is 0.